The molecule has 0 aliphatic heterocycles. The third-order valence-corrected chi connectivity index (χ3v) is 7.62. The molecule has 2 atom stereocenters. The van der Waals surface area contributed by atoms with E-state index in [2.05, 4.69) is 5.32 Å². The third kappa shape index (κ3) is 8.77. The molecule has 0 aliphatic rings. The van der Waals surface area contributed by atoms with E-state index in [9.17, 15) is 18.0 Å². The van der Waals surface area contributed by atoms with Crippen molar-refractivity contribution in [2.24, 2.45) is 0 Å². The lowest BCUT2D eigenvalue weighted by Crippen LogP contribution is -2.49. The molecule has 0 radical (unpaired) electrons. The number of nitrogens with zero attached hydrogens (tertiary/aromatic N) is 2. The number of hydrogen-bond acceptors (Lipinski definition) is 5. The third-order valence-electron chi connectivity index (χ3n) is 6.44. The van der Waals surface area contributed by atoms with Gasteiger partial charge in [-0.25, -0.2) is 8.42 Å². The Bertz CT molecular complexity index is 1180. The standard InChI is InChI=1S/C28H41N3O5S/c1-8-22(4)29-28(33)23(5)30(19-24-11-9-12-25(18-24)36-6)27(32)13-10-16-31(37(7,34)35)26-17-20(2)14-15-21(26)3/h9,11-12,14-15,17-18,22-23H,8,10,13,16,19H2,1-7H3,(H,29,33)/t22-,23-/m1/s1. The lowest BCUT2D eigenvalue weighted by Gasteiger charge is -2.30. The summed E-state index contributed by atoms with van der Waals surface area (Å²) in [6.45, 7) is 9.80. The average molecular weight is 532 g/mol. The first-order valence-electron chi connectivity index (χ1n) is 12.6. The van der Waals surface area contributed by atoms with Gasteiger partial charge in [0.1, 0.15) is 11.8 Å². The summed E-state index contributed by atoms with van der Waals surface area (Å²) in [6.07, 6.45) is 2.37. The van der Waals surface area contributed by atoms with E-state index in [1.807, 2.05) is 70.2 Å². The molecule has 2 amide bonds. The van der Waals surface area contributed by atoms with Gasteiger partial charge in [-0.1, -0.05) is 31.2 Å². The topological polar surface area (TPSA) is 96.0 Å². The number of carbonyl (C=O) groups is 2. The van der Waals surface area contributed by atoms with E-state index < -0.39 is 16.1 Å². The molecule has 0 heterocycles. The number of amides is 2. The van der Waals surface area contributed by atoms with Crippen molar-refractivity contribution in [1.29, 1.82) is 0 Å². The fourth-order valence-electron chi connectivity index (χ4n) is 3.99. The van der Waals surface area contributed by atoms with Crippen LogP contribution in [0.2, 0.25) is 0 Å². The van der Waals surface area contributed by atoms with Crippen LogP contribution in [0.1, 0.15) is 56.7 Å². The summed E-state index contributed by atoms with van der Waals surface area (Å²) >= 11 is 0. The smallest absolute Gasteiger partial charge is 0.242 e. The molecule has 0 spiro atoms. The fraction of sp³-hybridized carbons (Fsp3) is 0.500. The first-order valence-corrected chi connectivity index (χ1v) is 14.5. The molecule has 0 saturated carbocycles. The Balaban J connectivity index is 2.23. The fourth-order valence-corrected chi connectivity index (χ4v) is 5.00. The number of benzene rings is 2. The molecule has 1 N–H and O–H groups in total. The summed E-state index contributed by atoms with van der Waals surface area (Å²) in [6, 6.07) is 12.3. The van der Waals surface area contributed by atoms with Crippen molar-refractivity contribution in [2.45, 2.75) is 72.5 Å². The number of sulfonamides is 1. The lowest BCUT2D eigenvalue weighted by molar-refractivity contribution is -0.140. The molecule has 0 unspecified atom stereocenters. The molecule has 9 heteroatoms. The quantitative estimate of drug-likeness (QED) is 0.418. The Hall–Kier alpha value is -3.07. The van der Waals surface area contributed by atoms with Gasteiger partial charge in [-0.05, 0) is 75.4 Å². The van der Waals surface area contributed by atoms with Crippen LogP contribution in [0.15, 0.2) is 42.5 Å². The number of nitrogens with one attached hydrogen (secondary N) is 1. The second kappa shape index (κ2) is 13.5. The number of carbonyl (C=O) groups excluding carboxylic acids is 2. The van der Waals surface area contributed by atoms with Crippen molar-refractivity contribution in [3.05, 3.63) is 59.2 Å². The normalized spacial score (nSPS) is 12.9. The maximum absolute atomic E-state index is 13.4. The van der Waals surface area contributed by atoms with Crippen molar-refractivity contribution in [2.75, 3.05) is 24.2 Å². The Kier molecular flexibility index (Phi) is 11.0. The summed E-state index contributed by atoms with van der Waals surface area (Å²) in [5.41, 5.74) is 3.25. The Morgan fingerprint density at radius 3 is 2.41 bits per heavy atom. The van der Waals surface area contributed by atoms with E-state index in [0.29, 0.717) is 17.9 Å². The van der Waals surface area contributed by atoms with Gasteiger partial charge in [-0.3, -0.25) is 13.9 Å². The van der Waals surface area contributed by atoms with Gasteiger partial charge in [0.05, 0.1) is 19.1 Å². The number of rotatable bonds is 13. The average Bonchev–Trinajstić information content (AvgIpc) is 2.85. The van der Waals surface area contributed by atoms with Crippen LogP contribution in [-0.2, 0) is 26.2 Å². The van der Waals surface area contributed by atoms with Gasteiger partial charge in [0, 0.05) is 25.6 Å². The molecule has 2 aromatic carbocycles. The molecule has 0 fully saturated rings. The first-order chi connectivity index (χ1) is 17.4. The molecule has 37 heavy (non-hydrogen) atoms. The maximum atomic E-state index is 13.4. The van der Waals surface area contributed by atoms with Crippen molar-refractivity contribution in [1.82, 2.24) is 10.2 Å². The predicted molar refractivity (Wildman–Crippen MR) is 148 cm³/mol. The number of hydrogen-bond donors (Lipinski definition) is 1. The van der Waals surface area contributed by atoms with Crippen molar-refractivity contribution in [3.8, 4) is 5.75 Å². The van der Waals surface area contributed by atoms with Crippen LogP contribution < -0.4 is 14.4 Å². The van der Waals surface area contributed by atoms with Gasteiger partial charge in [-0.15, -0.1) is 0 Å². The molecule has 0 aliphatic carbocycles. The van der Waals surface area contributed by atoms with Crippen LogP contribution >= 0.6 is 0 Å². The Morgan fingerprint density at radius 1 is 1.08 bits per heavy atom. The van der Waals surface area contributed by atoms with Crippen LogP contribution in [-0.4, -0.2) is 57.1 Å². The zero-order chi connectivity index (χ0) is 27.8. The molecular weight excluding hydrogens is 490 g/mol. The van der Waals surface area contributed by atoms with Gasteiger partial charge in [0.25, 0.3) is 0 Å². The molecule has 0 bridgehead atoms. The summed E-state index contributed by atoms with van der Waals surface area (Å²) in [5, 5.41) is 2.96. The highest BCUT2D eigenvalue weighted by Crippen LogP contribution is 2.25. The van der Waals surface area contributed by atoms with Gasteiger partial charge in [0.15, 0.2) is 0 Å². The van der Waals surface area contributed by atoms with E-state index in [1.54, 1.807) is 18.9 Å². The largest absolute Gasteiger partial charge is 0.497 e. The van der Waals surface area contributed by atoms with E-state index in [-0.39, 0.29) is 37.4 Å². The number of anilines is 1. The zero-order valence-corrected chi connectivity index (χ0v) is 23.9. The summed E-state index contributed by atoms with van der Waals surface area (Å²) in [4.78, 5) is 27.9. The highest BCUT2D eigenvalue weighted by atomic mass is 32.2. The maximum Gasteiger partial charge on any atom is 0.242 e. The van der Waals surface area contributed by atoms with E-state index >= 15 is 0 Å². The second-order valence-electron chi connectivity index (χ2n) is 9.60. The highest BCUT2D eigenvalue weighted by molar-refractivity contribution is 7.92. The Morgan fingerprint density at radius 2 is 1.78 bits per heavy atom. The summed E-state index contributed by atoms with van der Waals surface area (Å²) in [5.74, 6) is 0.224. The SMILES string of the molecule is CC[C@@H](C)NC(=O)[C@@H](C)N(Cc1cccc(OC)c1)C(=O)CCCN(c1cc(C)ccc1C)S(C)(=O)=O. The van der Waals surface area contributed by atoms with Crippen LogP contribution in [0.25, 0.3) is 0 Å². The zero-order valence-electron chi connectivity index (χ0n) is 23.1. The molecule has 0 aromatic heterocycles. The van der Waals surface area contributed by atoms with Crippen LogP contribution in [0.3, 0.4) is 0 Å². The summed E-state index contributed by atoms with van der Waals surface area (Å²) in [7, 11) is -1.97. The minimum Gasteiger partial charge on any atom is -0.497 e. The molecule has 2 aromatic rings. The predicted octanol–water partition coefficient (Wildman–Crippen LogP) is 4.19. The van der Waals surface area contributed by atoms with Gasteiger partial charge >= 0.3 is 0 Å². The van der Waals surface area contributed by atoms with Crippen molar-refractivity contribution >= 4 is 27.5 Å². The Labute approximate surface area is 222 Å². The second-order valence-corrected chi connectivity index (χ2v) is 11.5. The number of ether oxygens (including phenoxy) is 1. The van der Waals surface area contributed by atoms with Crippen LogP contribution in [0.5, 0.6) is 5.75 Å². The van der Waals surface area contributed by atoms with Crippen molar-refractivity contribution in [3.63, 3.8) is 0 Å². The molecule has 2 rings (SSSR count). The lowest BCUT2D eigenvalue weighted by atomic mass is 10.1. The monoisotopic (exact) mass is 531 g/mol. The highest BCUT2D eigenvalue weighted by Gasteiger charge is 2.27. The van der Waals surface area contributed by atoms with Gasteiger partial charge in [0.2, 0.25) is 21.8 Å². The van der Waals surface area contributed by atoms with E-state index in [4.69, 9.17) is 4.74 Å². The first kappa shape index (κ1) is 30.2. The minimum atomic E-state index is -3.55. The molecule has 0 saturated heterocycles. The van der Waals surface area contributed by atoms with Crippen molar-refractivity contribution < 1.29 is 22.7 Å². The van der Waals surface area contributed by atoms with E-state index in [0.717, 1.165) is 23.1 Å². The summed E-state index contributed by atoms with van der Waals surface area (Å²) < 4.78 is 31.9. The van der Waals surface area contributed by atoms with Crippen LogP contribution in [0, 0.1) is 13.8 Å². The van der Waals surface area contributed by atoms with Gasteiger partial charge < -0.3 is 15.0 Å². The molecule has 204 valence electrons. The molecular formula is C28H41N3O5S. The van der Waals surface area contributed by atoms with E-state index in [1.165, 1.54) is 10.6 Å². The van der Waals surface area contributed by atoms with Gasteiger partial charge in [-0.2, -0.15) is 0 Å². The number of methoxy groups -OCH3 is 1. The van der Waals surface area contributed by atoms with Crippen LogP contribution in [0.4, 0.5) is 5.69 Å². The number of aryl methyl sites for hydroxylation is 2. The minimum absolute atomic E-state index is 0.00962. The molecule has 8 nitrogen and oxygen atoms in total.